The van der Waals surface area contributed by atoms with Crippen LogP contribution in [-0.4, -0.2) is 30.3 Å². The quantitative estimate of drug-likeness (QED) is 0.885. The molecule has 0 atom stereocenters. The zero-order valence-electron chi connectivity index (χ0n) is 9.54. The van der Waals surface area contributed by atoms with Gasteiger partial charge in [-0.15, -0.1) is 11.3 Å². The van der Waals surface area contributed by atoms with Crippen molar-refractivity contribution >= 4 is 17.0 Å². The zero-order chi connectivity index (χ0) is 12.1. The van der Waals surface area contributed by atoms with E-state index in [1.165, 1.54) is 0 Å². The van der Waals surface area contributed by atoms with Crippen molar-refractivity contribution in [3.8, 4) is 11.6 Å². The first-order valence-corrected chi connectivity index (χ1v) is 6.22. The Kier molecular flexibility index (Phi) is 3.95. The highest BCUT2D eigenvalue weighted by Gasteiger charge is 2.10. The van der Waals surface area contributed by atoms with Crippen molar-refractivity contribution in [2.75, 3.05) is 25.1 Å². The first-order chi connectivity index (χ1) is 8.31. The lowest BCUT2D eigenvalue weighted by molar-refractivity contribution is 0.303. The molecule has 0 fully saturated rings. The molecule has 0 aliphatic carbocycles. The normalized spacial score (nSPS) is 10.2. The van der Waals surface area contributed by atoms with Crippen LogP contribution in [0.15, 0.2) is 35.2 Å². The molecular formula is C12H14N2O2S. The van der Waals surface area contributed by atoms with Gasteiger partial charge in [0.1, 0.15) is 11.4 Å². The summed E-state index contributed by atoms with van der Waals surface area (Å²) in [6.07, 6.45) is 1.69. The summed E-state index contributed by atoms with van der Waals surface area (Å²) in [6.45, 7) is 0.648. The Balaban J connectivity index is 2.21. The van der Waals surface area contributed by atoms with Crippen LogP contribution in [0.4, 0.5) is 5.69 Å². The molecule has 0 amide bonds. The summed E-state index contributed by atoms with van der Waals surface area (Å²) in [7, 11) is 1.90. The molecule has 0 bridgehead atoms. The fourth-order valence-corrected chi connectivity index (χ4v) is 2.00. The molecular weight excluding hydrogens is 236 g/mol. The number of thiophene rings is 1. The van der Waals surface area contributed by atoms with Gasteiger partial charge in [0.25, 0.3) is 0 Å². The Morgan fingerprint density at radius 2 is 2.35 bits per heavy atom. The first-order valence-electron chi connectivity index (χ1n) is 5.28. The highest BCUT2D eigenvalue weighted by molar-refractivity contribution is 7.08. The molecule has 0 aliphatic rings. The van der Waals surface area contributed by atoms with Crippen molar-refractivity contribution in [1.29, 1.82) is 0 Å². The number of hydrogen-bond acceptors (Lipinski definition) is 5. The van der Waals surface area contributed by atoms with E-state index >= 15 is 0 Å². The monoisotopic (exact) mass is 250 g/mol. The van der Waals surface area contributed by atoms with Gasteiger partial charge in [-0.25, -0.2) is 4.98 Å². The van der Waals surface area contributed by atoms with Crippen LogP contribution in [0.5, 0.6) is 11.6 Å². The maximum absolute atomic E-state index is 8.94. The fourth-order valence-electron chi connectivity index (χ4n) is 1.44. The summed E-state index contributed by atoms with van der Waals surface area (Å²) in [4.78, 5) is 6.13. The van der Waals surface area contributed by atoms with Gasteiger partial charge in [0.05, 0.1) is 6.61 Å². The molecule has 2 heterocycles. The van der Waals surface area contributed by atoms with Gasteiger partial charge in [-0.1, -0.05) is 0 Å². The largest absolute Gasteiger partial charge is 0.436 e. The third-order valence-electron chi connectivity index (χ3n) is 2.31. The molecule has 2 rings (SSSR count). The molecule has 4 nitrogen and oxygen atoms in total. The minimum Gasteiger partial charge on any atom is -0.436 e. The summed E-state index contributed by atoms with van der Waals surface area (Å²) >= 11 is 1.58. The van der Waals surface area contributed by atoms with E-state index in [2.05, 4.69) is 4.98 Å². The molecule has 0 unspecified atom stereocenters. The van der Waals surface area contributed by atoms with Gasteiger partial charge in [0.15, 0.2) is 0 Å². The van der Waals surface area contributed by atoms with E-state index < -0.39 is 0 Å². The van der Waals surface area contributed by atoms with Crippen LogP contribution >= 0.6 is 11.3 Å². The molecule has 0 saturated heterocycles. The van der Waals surface area contributed by atoms with Crippen LogP contribution in [0, 0.1) is 0 Å². The minimum absolute atomic E-state index is 0.100. The Morgan fingerprint density at radius 1 is 1.47 bits per heavy atom. The second-order valence-electron chi connectivity index (χ2n) is 3.53. The van der Waals surface area contributed by atoms with E-state index in [1.807, 2.05) is 40.9 Å². The number of ether oxygens (including phenoxy) is 1. The van der Waals surface area contributed by atoms with Crippen LogP contribution < -0.4 is 9.64 Å². The highest BCUT2D eigenvalue weighted by Crippen LogP contribution is 2.29. The molecule has 1 N–H and O–H groups in total. The van der Waals surface area contributed by atoms with E-state index in [9.17, 15) is 0 Å². The van der Waals surface area contributed by atoms with Crippen LogP contribution in [0.3, 0.4) is 0 Å². The number of likely N-dealkylation sites (N-methyl/N-ethyl adjacent to an activating group) is 1. The van der Waals surface area contributed by atoms with Crippen molar-refractivity contribution in [2.45, 2.75) is 0 Å². The van der Waals surface area contributed by atoms with Gasteiger partial charge >= 0.3 is 0 Å². The average Bonchev–Trinajstić information content (AvgIpc) is 2.83. The van der Waals surface area contributed by atoms with Crippen molar-refractivity contribution < 1.29 is 9.84 Å². The Bertz CT molecular complexity index is 459. The van der Waals surface area contributed by atoms with E-state index in [0.717, 1.165) is 11.4 Å². The minimum atomic E-state index is 0.100. The smallest absolute Gasteiger partial charge is 0.243 e. The summed E-state index contributed by atoms with van der Waals surface area (Å²) in [6, 6.07) is 5.67. The Hall–Kier alpha value is -1.59. The lowest BCUT2D eigenvalue weighted by Crippen LogP contribution is -2.21. The van der Waals surface area contributed by atoms with Crippen molar-refractivity contribution in [1.82, 2.24) is 4.98 Å². The molecule has 0 spiro atoms. The molecule has 2 aromatic heterocycles. The lowest BCUT2D eigenvalue weighted by Gasteiger charge is -2.19. The number of aromatic nitrogens is 1. The molecule has 17 heavy (non-hydrogen) atoms. The SMILES string of the molecule is CN(CCO)c1cccnc1Oc1ccsc1. The number of pyridine rings is 1. The standard InChI is InChI=1S/C12H14N2O2S/c1-14(6-7-15)11-3-2-5-13-12(11)16-10-4-8-17-9-10/h2-5,8-9,15H,6-7H2,1H3. The summed E-state index contributed by atoms with van der Waals surface area (Å²) < 4.78 is 5.69. The van der Waals surface area contributed by atoms with E-state index in [4.69, 9.17) is 9.84 Å². The predicted molar refractivity (Wildman–Crippen MR) is 69.0 cm³/mol. The van der Waals surface area contributed by atoms with Gasteiger partial charge in [0, 0.05) is 25.2 Å². The Labute approximate surface area is 104 Å². The summed E-state index contributed by atoms with van der Waals surface area (Å²) in [5.74, 6) is 1.34. The second-order valence-corrected chi connectivity index (χ2v) is 4.31. The van der Waals surface area contributed by atoms with Crippen LogP contribution in [0.1, 0.15) is 0 Å². The van der Waals surface area contributed by atoms with Gasteiger partial charge in [-0.2, -0.15) is 0 Å². The molecule has 90 valence electrons. The first kappa shape index (κ1) is 11.9. The van der Waals surface area contributed by atoms with Gasteiger partial charge < -0.3 is 14.7 Å². The van der Waals surface area contributed by atoms with Crippen molar-refractivity contribution in [2.24, 2.45) is 0 Å². The number of anilines is 1. The Morgan fingerprint density at radius 3 is 3.06 bits per heavy atom. The van der Waals surface area contributed by atoms with Crippen LogP contribution in [0.25, 0.3) is 0 Å². The third kappa shape index (κ3) is 2.95. The number of hydrogen-bond donors (Lipinski definition) is 1. The number of aliphatic hydroxyl groups is 1. The maximum Gasteiger partial charge on any atom is 0.243 e. The van der Waals surface area contributed by atoms with Crippen LogP contribution in [-0.2, 0) is 0 Å². The van der Waals surface area contributed by atoms with E-state index in [0.29, 0.717) is 12.4 Å². The average molecular weight is 250 g/mol. The zero-order valence-corrected chi connectivity index (χ0v) is 10.4. The van der Waals surface area contributed by atoms with Gasteiger partial charge in [-0.3, -0.25) is 0 Å². The van der Waals surface area contributed by atoms with E-state index in [-0.39, 0.29) is 6.61 Å². The van der Waals surface area contributed by atoms with Gasteiger partial charge in [0.2, 0.25) is 5.88 Å². The predicted octanol–water partition coefficient (Wildman–Crippen LogP) is 2.36. The highest BCUT2D eigenvalue weighted by atomic mass is 32.1. The number of rotatable bonds is 5. The number of nitrogens with zero attached hydrogens (tertiary/aromatic N) is 2. The summed E-state index contributed by atoms with van der Waals surface area (Å²) in [5.41, 5.74) is 0.868. The topological polar surface area (TPSA) is 45.6 Å². The van der Waals surface area contributed by atoms with Crippen molar-refractivity contribution in [3.63, 3.8) is 0 Å². The van der Waals surface area contributed by atoms with Crippen LogP contribution in [0.2, 0.25) is 0 Å². The molecule has 0 aromatic carbocycles. The maximum atomic E-state index is 8.94. The van der Waals surface area contributed by atoms with E-state index in [1.54, 1.807) is 17.5 Å². The lowest BCUT2D eigenvalue weighted by atomic mass is 10.3. The molecule has 5 heteroatoms. The van der Waals surface area contributed by atoms with Gasteiger partial charge in [-0.05, 0) is 23.6 Å². The molecule has 0 saturated carbocycles. The molecule has 0 aliphatic heterocycles. The molecule has 2 aromatic rings. The second kappa shape index (κ2) is 5.65. The third-order valence-corrected chi connectivity index (χ3v) is 2.97. The summed E-state index contributed by atoms with van der Waals surface area (Å²) in [5, 5.41) is 12.8. The number of aliphatic hydroxyl groups excluding tert-OH is 1. The van der Waals surface area contributed by atoms with Crippen molar-refractivity contribution in [3.05, 3.63) is 35.2 Å². The fraction of sp³-hybridized carbons (Fsp3) is 0.250. The molecule has 0 radical (unpaired) electrons.